The topological polar surface area (TPSA) is 28.7 Å². The quantitative estimate of drug-likeness (QED) is 0.837. The maximum Gasteiger partial charge on any atom is 0.138 e. The first-order chi connectivity index (χ1) is 7.74. The van der Waals surface area contributed by atoms with Crippen LogP contribution in [-0.4, -0.2) is 9.97 Å². The number of rotatable bonds is 2. The van der Waals surface area contributed by atoms with Gasteiger partial charge < -0.3 is 4.98 Å². The van der Waals surface area contributed by atoms with E-state index in [1.54, 1.807) is 6.07 Å². The van der Waals surface area contributed by atoms with Crippen molar-refractivity contribution >= 4 is 22.6 Å². The van der Waals surface area contributed by atoms with Gasteiger partial charge >= 0.3 is 0 Å². The van der Waals surface area contributed by atoms with Crippen LogP contribution in [0, 0.1) is 9.39 Å². The summed E-state index contributed by atoms with van der Waals surface area (Å²) >= 11 is 2.13. The van der Waals surface area contributed by atoms with Gasteiger partial charge in [-0.25, -0.2) is 9.37 Å². The van der Waals surface area contributed by atoms with Crippen molar-refractivity contribution in [2.45, 2.75) is 18.8 Å². The number of halogens is 2. The normalized spacial score (nSPS) is 15.4. The Hall–Kier alpha value is -0.910. The number of nitrogens with one attached hydrogen (secondary N) is 1. The van der Waals surface area contributed by atoms with E-state index in [1.165, 1.54) is 30.7 Å². The zero-order valence-corrected chi connectivity index (χ0v) is 10.7. The Kier molecular flexibility index (Phi) is 2.46. The lowest BCUT2D eigenvalue weighted by Gasteiger charge is -2.00. The van der Waals surface area contributed by atoms with E-state index in [1.807, 2.05) is 6.20 Å². The van der Waals surface area contributed by atoms with Gasteiger partial charge in [0.1, 0.15) is 11.6 Å². The summed E-state index contributed by atoms with van der Waals surface area (Å²) in [7, 11) is 0. The zero-order chi connectivity index (χ0) is 11.1. The number of H-pyrrole nitrogens is 1. The Morgan fingerprint density at radius 2 is 2.19 bits per heavy atom. The lowest BCUT2D eigenvalue weighted by atomic mass is 10.2. The Morgan fingerprint density at radius 1 is 1.38 bits per heavy atom. The molecule has 1 aromatic heterocycles. The van der Waals surface area contributed by atoms with Crippen LogP contribution in [-0.2, 0) is 0 Å². The number of hydrogen-bond acceptors (Lipinski definition) is 1. The summed E-state index contributed by atoms with van der Waals surface area (Å²) in [5.74, 6) is 1.30. The molecule has 0 saturated heterocycles. The molecule has 0 atom stereocenters. The van der Waals surface area contributed by atoms with Crippen LogP contribution < -0.4 is 0 Å². The summed E-state index contributed by atoms with van der Waals surface area (Å²) in [4.78, 5) is 7.67. The molecule has 1 aromatic carbocycles. The molecule has 1 heterocycles. The predicted octanol–water partition coefficient (Wildman–Crippen LogP) is 3.70. The molecule has 1 saturated carbocycles. The van der Waals surface area contributed by atoms with Gasteiger partial charge in [0, 0.05) is 26.9 Å². The number of nitrogens with zero attached hydrogens (tertiary/aromatic N) is 1. The van der Waals surface area contributed by atoms with Crippen molar-refractivity contribution in [3.63, 3.8) is 0 Å². The molecule has 2 aromatic rings. The van der Waals surface area contributed by atoms with Crippen molar-refractivity contribution < 1.29 is 4.39 Å². The summed E-state index contributed by atoms with van der Waals surface area (Å²) in [6.07, 6.45) is 4.40. The first kappa shape index (κ1) is 10.3. The molecule has 1 aliphatic carbocycles. The molecule has 82 valence electrons. The Morgan fingerprint density at radius 3 is 2.88 bits per heavy atom. The molecule has 2 nitrogen and oxygen atoms in total. The van der Waals surface area contributed by atoms with Crippen molar-refractivity contribution in [3.05, 3.63) is 39.5 Å². The SMILES string of the molecule is Fc1ccc(-c2ncc(C3CC3)[nH]2)c(I)c1. The second kappa shape index (κ2) is 3.84. The third-order valence-electron chi connectivity index (χ3n) is 2.80. The third-order valence-corrected chi connectivity index (χ3v) is 3.69. The first-order valence-corrected chi connectivity index (χ1v) is 6.32. The van der Waals surface area contributed by atoms with E-state index >= 15 is 0 Å². The van der Waals surface area contributed by atoms with Crippen molar-refractivity contribution in [3.8, 4) is 11.4 Å². The molecule has 0 amide bonds. The van der Waals surface area contributed by atoms with Gasteiger partial charge in [-0.3, -0.25) is 0 Å². The molecule has 0 aliphatic heterocycles. The van der Waals surface area contributed by atoms with E-state index in [4.69, 9.17) is 0 Å². The molecule has 1 aliphatic rings. The minimum absolute atomic E-state index is 0.206. The van der Waals surface area contributed by atoms with E-state index in [0.717, 1.165) is 15.0 Å². The maximum absolute atomic E-state index is 13.0. The van der Waals surface area contributed by atoms with Crippen molar-refractivity contribution in [1.82, 2.24) is 9.97 Å². The van der Waals surface area contributed by atoms with E-state index in [2.05, 4.69) is 32.6 Å². The van der Waals surface area contributed by atoms with Gasteiger partial charge in [-0.15, -0.1) is 0 Å². The van der Waals surface area contributed by atoms with Crippen LogP contribution in [0.2, 0.25) is 0 Å². The third kappa shape index (κ3) is 1.86. The second-order valence-electron chi connectivity index (χ2n) is 4.09. The molecule has 1 fully saturated rings. The average Bonchev–Trinajstić information content (AvgIpc) is 2.98. The number of benzene rings is 1. The highest BCUT2D eigenvalue weighted by Crippen LogP contribution is 2.39. The minimum atomic E-state index is -0.206. The summed E-state index contributed by atoms with van der Waals surface area (Å²) in [5.41, 5.74) is 2.17. The van der Waals surface area contributed by atoms with Crippen LogP contribution in [0.15, 0.2) is 24.4 Å². The van der Waals surface area contributed by atoms with Gasteiger partial charge in [0.05, 0.1) is 0 Å². The average molecular weight is 328 g/mol. The molecule has 0 unspecified atom stereocenters. The zero-order valence-electron chi connectivity index (χ0n) is 8.50. The minimum Gasteiger partial charge on any atom is -0.342 e. The smallest absolute Gasteiger partial charge is 0.138 e. The van der Waals surface area contributed by atoms with Crippen molar-refractivity contribution in [2.24, 2.45) is 0 Å². The van der Waals surface area contributed by atoms with Crippen LogP contribution in [0.5, 0.6) is 0 Å². The predicted molar refractivity (Wildman–Crippen MR) is 68.7 cm³/mol. The highest BCUT2D eigenvalue weighted by Gasteiger charge is 2.25. The van der Waals surface area contributed by atoms with Crippen LogP contribution in [0.1, 0.15) is 24.5 Å². The van der Waals surface area contributed by atoms with E-state index < -0.39 is 0 Å². The molecule has 0 radical (unpaired) electrons. The lowest BCUT2D eigenvalue weighted by Crippen LogP contribution is -1.87. The molecule has 0 bridgehead atoms. The van der Waals surface area contributed by atoms with E-state index in [0.29, 0.717) is 5.92 Å². The molecule has 0 spiro atoms. The highest BCUT2D eigenvalue weighted by molar-refractivity contribution is 14.1. The van der Waals surface area contributed by atoms with Gasteiger partial charge in [0.25, 0.3) is 0 Å². The Bertz CT molecular complexity index is 532. The second-order valence-corrected chi connectivity index (χ2v) is 5.25. The Labute approximate surface area is 106 Å². The standard InChI is InChI=1S/C12H10FIN2/c13-8-3-4-9(10(14)5-8)12-15-6-11(16-12)7-1-2-7/h3-7H,1-2H2,(H,15,16). The fraction of sp³-hybridized carbons (Fsp3) is 0.250. The maximum atomic E-state index is 13.0. The summed E-state index contributed by atoms with van der Waals surface area (Å²) in [6, 6.07) is 4.76. The first-order valence-electron chi connectivity index (χ1n) is 5.24. The van der Waals surface area contributed by atoms with Gasteiger partial charge in [0.15, 0.2) is 0 Å². The van der Waals surface area contributed by atoms with Crippen LogP contribution in [0.4, 0.5) is 4.39 Å². The van der Waals surface area contributed by atoms with Gasteiger partial charge in [0.2, 0.25) is 0 Å². The van der Waals surface area contributed by atoms with E-state index in [9.17, 15) is 4.39 Å². The summed E-state index contributed by atoms with van der Waals surface area (Å²) in [6.45, 7) is 0. The molecule has 4 heteroatoms. The largest absolute Gasteiger partial charge is 0.342 e. The summed E-state index contributed by atoms with van der Waals surface area (Å²) in [5, 5.41) is 0. The molecule has 3 rings (SSSR count). The molecule has 16 heavy (non-hydrogen) atoms. The van der Waals surface area contributed by atoms with Gasteiger partial charge in [-0.1, -0.05) is 0 Å². The summed E-state index contributed by atoms with van der Waals surface area (Å²) < 4.78 is 13.9. The number of aromatic nitrogens is 2. The highest BCUT2D eigenvalue weighted by atomic mass is 127. The number of hydrogen-bond donors (Lipinski definition) is 1. The van der Waals surface area contributed by atoms with Crippen molar-refractivity contribution in [2.75, 3.05) is 0 Å². The van der Waals surface area contributed by atoms with Crippen molar-refractivity contribution in [1.29, 1.82) is 0 Å². The lowest BCUT2D eigenvalue weighted by molar-refractivity contribution is 0.627. The van der Waals surface area contributed by atoms with Gasteiger partial charge in [-0.05, 0) is 53.6 Å². The van der Waals surface area contributed by atoms with Crippen LogP contribution in [0.25, 0.3) is 11.4 Å². The van der Waals surface area contributed by atoms with Crippen LogP contribution in [0.3, 0.4) is 0 Å². The molecular formula is C12H10FIN2. The monoisotopic (exact) mass is 328 g/mol. The Balaban J connectivity index is 2.00. The van der Waals surface area contributed by atoms with Gasteiger partial charge in [-0.2, -0.15) is 0 Å². The number of imidazole rings is 1. The number of aromatic amines is 1. The molecule has 1 N–H and O–H groups in total. The fourth-order valence-corrected chi connectivity index (χ4v) is 2.49. The van der Waals surface area contributed by atoms with Crippen LogP contribution >= 0.6 is 22.6 Å². The molecular weight excluding hydrogens is 318 g/mol. The van der Waals surface area contributed by atoms with E-state index in [-0.39, 0.29) is 5.82 Å². The fourth-order valence-electron chi connectivity index (χ4n) is 1.76.